The number of hydrogen-bond donors (Lipinski definition) is 2. The smallest absolute Gasteiger partial charge is 0.407 e. The second kappa shape index (κ2) is 6.74. The average Bonchev–Trinajstić information content (AvgIpc) is 2.29. The molecule has 0 radical (unpaired) electrons. The lowest BCUT2D eigenvalue weighted by Gasteiger charge is -2.21. The van der Waals surface area contributed by atoms with E-state index in [4.69, 9.17) is 16.3 Å². The van der Waals surface area contributed by atoms with E-state index < -0.39 is 11.7 Å². The summed E-state index contributed by atoms with van der Waals surface area (Å²) in [5, 5.41) is 6.04. The van der Waals surface area contributed by atoms with Crippen LogP contribution in [-0.4, -0.2) is 34.2 Å². The van der Waals surface area contributed by atoms with Crippen LogP contribution >= 0.6 is 11.6 Å². The molecule has 0 saturated carbocycles. The molecule has 1 aromatic rings. The Morgan fingerprint density at radius 1 is 1.50 bits per heavy atom. The predicted octanol–water partition coefficient (Wildman–Crippen LogP) is 2.76. The molecule has 2 N–H and O–H groups in total. The number of anilines is 1. The minimum Gasteiger partial charge on any atom is -0.444 e. The third kappa shape index (κ3) is 6.06. The number of amides is 1. The monoisotopic (exact) mass is 300 g/mol. The number of carbonyl (C=O) groups excluding carboxylic acids is 1. The van der Waals surface area contributed by atoms with E-state index in [0.717, 1.165) is 5.56 Å². The Hall–Kier alpha value is -1.56. The van der Waals surface area contributed by atoms with Gasteiger partial charge in [0.15, 0.2) is 0 Å². The highest BCUT2D eigenvalue weighted by molar-refractivity contribution is 6.28. The van der Waals surface area contributed by atoms with Crippen molar-refractivity contribution in [2.75, 3.05) is 11.9 Å². The van der Waals surface area contributed by atoms with Gasteiger partial charge in [0.2, 0.25) is 5.28 Å². The van der Waals surface area contributed by atoms with Crippen LogP contribution in [0.2, 0.25) is 5.28 Å². The highest BCUT2D eigenvalue weighted by Gasteiger charge is 2.16. The van der Waals surface area contributed by atoms with E-state index in [1.165, 1.54) is 0 Å². The van der Waals surface area contributed by atoms with Crippen molar-refractivity contribution in [3.8, 4) is 0 Å². The highest BCUT2D eigenvalue weighted by atomic mass is 35.5. The number of ether oxygens (including phenoxy) is 1. The Bertz CT molecular complexity index is 474. The van der Waals surface area contributed by atoms with Crippen LogP contribution in [0.1, 0.15) is 33.3 Å². The van der Waals surface area contributed by atoms with Gasteiger partial charge in [-0.3, -0.25) is 0 Å². The summed E-state index contributed by atoms with van der Waals surface area (Å²) in [6.45, 7) is 9.68. The molecule has 112 valence electrons. The molecule has 0 aromatic carbocycles. The molecular weight excluding hydrogens is 280 g/mol. The highest BCUT2D eigenvalue weighted by Crippen LogP contribution is 2.13. The molecule has 7 heteroatoms. The van der Waals surface area contributed by atoms with Crippen molar-refractivity contribution in [3.63, 3.8) is 0 Å². The molecule has 0 saturated heterocycles. The molecule has 20 heavy (non-hydrogen) atoms. The normalized spacial score (nSPS) is 12.7. The summed E-state index contributed by atoms with van der Waals surface area (Å²) in [4.78, 5) is 19.5. The van der Waals surface area contributed by atoms with Crippen molar-refractivity contribution in [1.82, 2.24) is 15.3 Å². The van der Waals surface area contributed by atoms with Crippen molar-refractivity contribution in [1.29, 1.82) is 0 Å². The zero-order valence-corrected chi connectivity index (χ0v) is 13.2. The predicted molar refractivity (Wildman–Crippen MR) is 79.1 cm³/mol. The maximum Gasteiger partial charge on any atom is 0.407 e. The molecule has 1 heterocycles. The van der Waals surface area contributed by atoms with Crippen LogP contribution in [0.25, 0.3) is 0 Å². The first-order valence-electron chi connectivity index (χ1n) is 6.40. The lowest BCUT2D eigenvalue weighted by Crippen LogP contribution is -2.38. The Morgan fingerprint density at radius 2 is 2.15 bits per heavy atom. The molecule has 0 fully saturated rings. The Balaban J connectivity index is 2.46. The number of halogens is 1. The molecule has 0 unspecified atom stereocenters. The molecule has 0 bridgehead atoms. The van der Waals surface area contributed by atoms with Gasteiger partial charge in [-0.25, -0.2) is 14.8 Å². The zero-order valence-electron chi connectivity index (χ0n) is 12.5. The van der Waals surface area contributed by atoms with Gasteiger partial charge >= 0.3 is 6.09 Å². The first kappa shape index (κ1) is 16.5. The Kier molecular flexibility index (Phi) is 5.56. The fourth-order valence-corrected chi connectivity index (χ4v) is 1.53. The molecular formula is C13H21ClN4O2. The molecule has 1 rings (SSSR count). The van der Waals surface area contributed by atoms with Gasteiger partial charge in [-0.05, 0) is 46.2 Å². The van der Waals surface area contributed by atoms with Crippen LogP contribution < -0.4 is 10.6 Å². The lowest BCUT2D eigenvalue weighted by atomic mass is 10.2. The topological polar surface area (TPSA) is 76.1 Å². The van der Waals surface area contributed by atoms with Crippen molar-refractivity contribution < 1.29 is 9.53 Å². The fraction of sp³-hybridized carbons (Fsp3) is 0.615. The first-order valence-corrected chi connectivity index (χ1v) is 6.77. The lowest BCUT2D eigenvalue weighted by molar-refractivity contribution is 0.0526. The summed E-state index contributed by atoms with van der Waals surface area (Å²) in [7, 11) is 0. The standard InChI is InChI=1S/C13H21ClN4O2/c1-8-6-15-11(14)18-10(8)17-9(2)7-16-12(19)20-13(3,4)5/h6,9H,7H2,1-5H3,(H,16,19)(H,15,17,18)/t9-/m0/s1. The van der Waals surface area contributed by atoms with E-state index in [1.54, 1.807) is 6.20 Å². The van der Waals surface area contributed by atoms with Crippen LogP contribution in [-0.2, 0) is 4.74 Å². The maximum atomic E-state index is 11.5. The van der Waals surface area contributed by atoms with E-state index in [0.29, 0.717) is 12.4 Å². The second-order valence-corrected chi connectivity index (χ2v) is 5.94. The first-order chi connectivity index (χ1) is 9.17. The van der Waals surface area contributed by atoms with Gasteiger partial charge < -0.3 is 15.4 Å². The Labute approximate surface area is 124 Å². The van der Waals surface area contributed by atoms with Gasteiger partial charge in [-0.1, -0.05) is 0 Å². The average molecular weight is 301 g/mol. The van der Waals surface area contributed by atoms with E-state index in [2.05, 4.69) is 20.6 Å². The summed E-state index contributed by atoms with van der Waals surface area (Å²) in [6.07, 6.45) is 1.20. The van der Waals surface area contributed by atoms with Crippen LogP contribution in [0, 0.1) is 6.92 Å². The van der Waals surface area contributed by atoms with E-state index in [9.17, 15) is 4.79 Å². The summed E-state index contributed by atoms with van der Waals surface area (Å²) < 4.78 is 5.16. The quantitative estimate of drug-likeness (QED) is 0.836. The van der Waals surface area contributed by atoms with Crippen LogP contribution in [0.3, 0.4) is 0 Å². The van der Waals surface area contributed by atoms with Gasteiger partial charge in [-0.15, -0.1) is 0 Å². The molecule has 6 nitrogen and oxygen atoms in total. The molecule has 0 spiro atoms. The number of aryl methyl sites for hydroxylation is 1. The van der Waals surface area contributed by atoms with Crippen LogP contribution in [0.4, 0.5) is 10.6 Å². The van der Waals surface area contributed by atoms with Gasteiger partial charge in [-0.2, -0.15) is 0 Å². The number of carbonyl (C=O) groups is 1. The summed E-state index contributed by atoms with van der Waals surface area (Å²) in [6, 6.07) is -0.0211. The number of alkyl carbamates (subject to hydrolysis) is 1. The van der Waals surface area contributed by atoms with E-state index in [-0.39, 0.29) is 11.3 Å². The largest absolute Gasteiger partial charge is 0.444 e. The fourth-order valence-electron chi connectivity index (χ4n) is 1.40. The number of aromatic nitrogens is 2. The van der Waals surface area contributed by atoms with Crippen LogP contribution in [0.15, 0.2) is 6.20 Å². The number of nitrogens with zero attached hydrogens (tertiary/aromatic N) is 2. The summed E-state index contributed by atoms with van der Waals surface area (Å²) in [5.74, 6) is 0.656. The van der Waals surface area contributed by atoms with Gasteiger partial charge in [0, 0.05) is 24.3 Å². The Morgan fingerprint density at radius 3 is 2.75 bits per heavy atom. The van der Waals surface area contributed by atoms with E-state index in [1.807, 2.05) is 34.6 Å². The summed E-state index contributed by atoms with van der Waals surface area (Å²) >= 11 is 5.75. The van der Waals surface area contributed by atoms with Crippen molar-refractivity contribution in [2.24, 2.45) is 0 Å². The minimum atomic E-state index is -0.502. The van der Waals surface area contributed by atoms with Gasteiger partial charge in [0.25, 0.3) is 0 Å². The molecule has 0 aliphatic rings. The van der Waals surface area contributed by atoms with Crippen LogP contribution in [0.5, 0.6) is 0 Å². The van der Waals surface area contributed by atoms with E-state index >= 15 is 0 Å². The maximum absolute atomic E-state index is 11.5. The van der Waals surface area contributed by atoms with Crippen molar-refractivity contribution >= 4 is 23.5 Å². The molecule has 0 aliphatic carbocycles. The number of hydrogen-bond acceptors (Lipinski definition) is 5. The number of nitrogens with one attached hydrogen (secondary N) is 2. The van der Waals surface area contributed by atoms with Crippen molar-refractivity contribution in [3.05, 3.63) is 17.0 Å². The molecule has 1 atom stereocenters. The second-order valence-electron chi connectivity index (χ2n) is 5.60. The SMILES string of the molecule is Cc1cnc(Cl)nc1N[C@@H](C)CNC(=O)OC(C)(C)C. The van der Waals surface area contributed by atoms with Crippen molar-refractivity contribution in [2.45, 2.75) is 46.3 Å². The third-order valence-electron chi connectivity index (χ3n) is 2.28. The minimum absolute atomic E-state index is 0.0211. The van der Waals surface area contributed by atoms with Gasteiger partial charge in [0.1, 0.15) is 11.4 Å². The zero-order chi connectivity index (χ0) is 15.3. The summed E-state index contributed by atoms with van der Waals surface area (Å²) in [5.41, 5.74) is 0.385. The molecule has 0 aliphatic heterocycles. The third-order valence-corrected chi connectivity index (χ3v) is 2.46. The number of rotatable bonds is 4. The van der Waals surface area contributed by atoms with Gasteiger partial charge in [0.05, 0.1) is 0 Å². The molecule has 1 amide bonds. The molecule has 1 aromatic heterocycles.